The first-order valence-electron chi connectivity index (χ1n) is 2.50. The van der Waals surface area contributed by atoms with Gasteiger partial charge in [-0.1, -0.05) is 13.8 Å². The van der Waals surface area contributed by atoms with Gasteiger partial charge >= 0.3 is 30.0 Å². The Morgan fingerprint density at radius 3 is 1.57 bits per heavy atom. The molecule has 0 aromatic heterocycles. The molecule has 0 aliphatic heterocycles. The molecule has 0 amide bonds. The van der Waals surface area contributed by atoms with E-state index in [1.807, 2.05) is 0 Å². The van der Waals surface area contributed by atoms with Crippen molar-refractivity contribution in [3.8, 4) is 0 Å². The number of unbranched alkanes of at least 4 members (excludes halogenated alkanes) is 2. The van der Waals surface area contributed by atoms with E-state index in [2.05, 4.69) is 33.9 Å². The van der Waals surface area contributed by atoms with Gasteiger partial charge in [0, 0.05) is 0 Å². The van der Waals surface area contributed by atoms with Gasteiger partial charge in [0.2, 0.25) is 0 Å². The molecule has 7 heavy (non-hydrogen) atoms. The van der Waals surface area contributed by atoms with E-state index < -0.39 is 0 Å². The summed E-state index contributed by atoms with van der Waals surface area (Å²) in [5, 5.41) is 0. The summed E-state index contributed by atoms with van der Waals surface area (Å²) in [6.07, 6.45) is 4.69. The molecule has 0 aliphatic carbocycles. The molecule has 0 saturated carbocycles. The molecule has 0 heterocycles. The number of halogens is 1. The molecule has 0 spiro atoms. The fraction of sp³-hybridized carbons (Fsp3) is 0.800. The fourth-order valence-corrected chi connectivity index (χ4v) is 0.289. The average Bonchev–Trinajstić information content (AvgIpc) is 1.75. The molecular formula is C5H11BrZn. The Hall–Kier alpha value is 1.10. The predicted molar refractivity (Wildman–Crippen MR) is 33.8 cm³/mol. The van der Waals surface area contributed by atoms with Gasteiger partial charge < -0.3 is 6.42 Å². The molecule has 0 nitrogen and oxygen atoms in total. The number of rotatable bonds is 2. The Labute approximate surface area is 63.1 Å². The van der Waals surface area contributed by atoms with Gasteiger partial charge in [-0.25, -0.2) is 0 Å². The molecule has 0 fully saturated rings. The van der Waals surface area contributed by atoms with Gasteiger partial charge in [-0.15, -0.1) is 0 Å². The maximum absolute atomic E-state index is 3.06. The average molecular weight is 216 g/mol. The normalized spacial score (nSPS) is 7.00. The topological polar surface area (TPSA) is 0 Å². The second-order valence-electron chi connectivity index (χ2n) is 1.11. The second-order valence-corrected chi connectivity index (χ2v) is 1.11. The molecule has 0 aromatic carbocycles. The Morgan fingerprint density at radius 1 is 1.29 bits per heavy atom. The zero-order chi connectivity index (χ0) is 6.12. The molecule has 0 unspecified atom stereocenters. The van der Waals surface area contributed by atoms with Gasteiger partial charge in [-0.3, -0.25) is 0 Å². The van der Waals surface area contributed by atoms with Crippen LogP contribution in [0.1, 0.15) is 26.7 Å². The van der Waals surface area contributed by atoms with E-state index in [-0.39, 0.29) is 0 Å². The second kappa shape index (κ2) is 15.7. The Bertz CT molecular complexity index is 15.6. The van der Waals surface area contributed by atoms with E-state index in [0.717, 1.165) is 0 Å². The Kier molecular flexibility index (Phi) is 24.6. The first kappa shape index (κ1) is 11.0. The van der Waals surface area contributed by atoms with Crippen molar-refractivity contribution in [2.45, 2.75) is 26.7 Å². The van der Waals surface area contributed by atoms with Crippen LogP contribution in [0.15, 0.2) is 0 Å². The summed E-state index contributed by atoms with van der Waals surface area (Å²) in [6, 6.07) is 0. The molecule has 0 N–H and O–H groups in total. The van der Waals surface area contributed by atoms with Crippen molar-refractivity contribution in [2.24, 2.45) is 0 Å². The Morgan fingerprint density at radius 2 is 1.57 bits per heavy atom. The monoisotopic (exact) mass is 214 g/mol. The first-order chi connectivity index (χ1) is 3.41. The van der Waals surface area contributed by atoms with Crippen LogP contribution in [0.4, 0.5) is 0 Å². The van der Waals surface area contributed by atoms with Crippen LogP contribution in [0.2, 0.25) is 0 Å². The van der Waals surface area contributed by atoms with Crippen LogP contribution >= 0.6 is 13.6 Å². The Balaban J connectivity index is 0. The fourth-order valence-electron chi connectivity index (χ4n) is 0.289. The minimum absolute atomic E-state index is 1.19. The zero-order valence-corrected chi connectivity index (χ0v) is 9.63. The zero-order valence-electron chi connectivity index (χ0n) is 5.08. The van der Waals surface area contributed by atoms with Crippen molar-refractivity contribution < 1.29 is 16.3 Å². The van der Waals surface area contributed by atoms with Crippen molar-refractivity contribution in [1.29, 1.82) is 0 Å². The summed E-state index contributed by atoms with van der Waals surface area (Å²) >= 11 is 4.25. The van der Waals surface area contributed by atoms with E-state index in [9.17, 15) is 0 Å². The van der Waals surface area contributed by atoms with Crippen molar-refractivity contribution in [3.05, 3.63) is 6.42 Å². The SMILES string of the molecule is CC[CH-]CC.[Zn+][Br]. The molecule has 2 heteroatoms. The molecule has 0 radical (unpaired) electrons. The summed E-state index contributed by atoms with van der Waals surface area (Å²) in [5.74, 6) is 0. The van der Waals surface area contributed by atoms with E-state index >= 15 is 0 Å². The number of hydrogen-bond donors (Lipinski definition) is 0. The molecule has 0 aromatic rings. The quantitative estimate of drug-likeness (QED) is 0.492. The van der Waals surface area contributed by atoms with Gasteiger partial charge in [0.05, 0.1) is 0 Å². The van der Waals surface area contributed by atoms with Crippen LogP contribution in [0.25, 0.3) is 0 Å². The van der Waals surface area contributed by atoms with Gasteiger partial charge in [0.25, 0.3) is 0 Å². The van der Waals surface area contributed by atoms with Gasteiger partial charge in [0.15, 0.2) is 0 Å². The summed E-state index contributed by atoms with van der Waals surface area (Å²) in [7, 11) is 0. The molecule has 0 atom stereocenters. The van der Waals surface area contributed by atoms with Crippen molar-refractivity contribution >= 4 is 13.6 Å². The van der Waals surface area contributed by atoms with Crippen LogP contribution in [0.5, 0.6) is 0 Å². The predicted octanol–water partition coefficient (Wildman–Crippen LogP) is 2.85. The van der Waals surface area contributed by atoms with Gasteiger partial charge in [-0.05, 0) is 0 Å². The van der Waals surface area contributed by atoms with Crippen LogP contribution in [-0.2, 0) is 16.3 Å². The number of hydrogen-bond acceptors (Lipinski definition) is 0. The standard InChI is InChI=1S/C5H11.BrH.Zn/c1-3-5-4-2;;/h5H,3-4H2,1-2H3;1H;/q-1;;+2/p-1. The molecule has 0 rings (SSSR count). The van der Waals surface area contributed by atoms with Crippen molar-refractivity contribution in [1.82, 2.24) is 0 Å². The third-order valence-electron chi connectivity index (χ3n) is 0.577. The first-order valence-corrected chi connectivity index (χ1v) is 9.45. The third-order valence-corrected chi connectivity index (χ3v) is 0.577. The van der Waals surface area contributed by atoms with E-state index in [1.165, 1.54) is 29.2 Å². The summed E-state index contributed by atoms with van der Waals surface area (Å²) in [5.41, 5.74) is 0. The molecule has 0 bridgehead atoms. The van der Waals surface area contributed by atoms with E-state index in [1.54, 1.807) is 0 Å². The molecule has 0 aliphatic rings. The van der Waals surface area contributed by atoms with Crippen LogP contribution in [0, 0.1) is 6.42 Å². The third kappa shape index (κ3) is 19.2. The van der Waals surface area contributed by atoms with Crippen LogP contribution in [0.3, 0.4) is 0 Å². The van der Waals surface area contributed by atoms with Crippen molar-refractivity contribution in [2.75, 3.05) is 0 Å². The van der Waals surface area contributed by atoms with Crippen LogP contribution < -0.4 is 0 Å². The van der Waals surface area contributed by atoms with E-state index in [0.29, 0.717) is 0 Å². The summed E-state index contributed by atoms with van der Waals surface area (Å²) in [6.45, 7) is 4.31. The molecular weight excluding hydrogens is 205 g/mol. The van der Waals surface area contributed by atoms with E-state index in [4.69, 9.17) is 0 Å². The maximum atomic E-state index is 3.06. The molecule has 40 valence electrons. The van der Waals surface area contributed by atoms with Gasteiger partial charge in [0.1, 0.15) is 0 Å². The summed E-state index contributed by atoms with van der Waals surface area (Å²) in [4.78, 5) is 0. The van der Waals surface area contributed by atoms with Gasteiger partial charge in [-0.2, -0.15) is 12.8 Å². The molecule has 0 saturated heterocycles. The minimum atomic E-state index is 1.19. The van der Waals surface area contributed by atoms with Crippen LogP contribution in [-0.4, -0.2) is 0 Å². The summed E-state index contributed by atoms with van der Waals surface area (Å²) < 4.78 is 0. The van der Waals surface area contributed by atoms with Crippen molar-refractivity contribution in [3.63, 3.8) is 0 Å².